The summed E-state index contributed by atoms with van der Waals surface area (Å²) in [5.41, 5.74) is 8.63. The Bertz CT molecular complexity index is 620. The molecular formula is C16H23N3O2. The van der Waals surface area contributed by atoms with Gasteiger partial charge in [-0.15, -0.1) is 0 Å². The van der Waals surface area contributed by atoms with E-state index in [4.69, 9.17) is 15.2 Å². The quantitative estimate of drug-likeness (QED) is 0.883. The smallest absolute Gasteiger partial charge is 0.241 e. The fourth-order valence-electron chi connectivity index (χ4n) is 2.17. The topological polar surface area (TPSA) is 62.3 Å². The van der Waals surface area contributed by atoms with E-state index in [-0.39, 0.29) is 0 Å². The van der Waals surface area contributed by atoms with Gasteiger partial charge in [0.25, 0.3) is 0 Å². The molecule has 2 rings (SSSR count). The predicted octanol–water partition coefficient (Wildman–Crippen LogP) is 3.55. The van der Waals surface area contributed by atoms with Crippen molar-refractivity contribution in [2.75, 3.05) is 12.8 Å². The van der Waals surface area contributed by atoms with E-state index in [0.717, 1.165) is 25.1 Å². The summed E-state index contributed by atoms with van der Waals surface area (Å²) < 4.78 is 13.2. The molecule has 0 spiro atoms. The van der Waals surface area contributed by atoms with Crippen molar-refractivity contribution in [3.8, 4) is 17.4 Å². The molecule has 5 heteroatoms. The number of aromatic nitrogens is 2. The van der Waals surface area contributed by atoms with Gasteiger partial charge in [-0.3, -0.25) is 0 Å². The molecule has 1 aromatic carbocycles. The van der Waals surface area contributed by atoms with E-state index in [0.29, 0.717) is 23.1 Å². The Morgan fingerprint density at radius 2 is 2.00 bits per heavy atom. The molecule has 0 aliphatic heterocycles. The van der Waals surface area contributed by atoms with Gasteiger partial charge in [0.2, 0.25) is 5.88 Å². The van der Waals surface area contributed by atoms with Crippen molar-refractivity contribution in [3.05, 3.63) is 29.5 Å². The maximum absolute atomic E-state index is 6.08. The van der Waals surface area contributed by atoms with E-state index < -0.39 is 0 Å². The number of nitrogen functional groups attached to an aromatic ring is 1. The Balaban J connectivity index is 2.38. The number of nitrogens with two attached hydrogens (primary N) is 1. The average Bonchev–Trinajstić information content (AvgIpc) is 2.75. The molecule has 0 fully saturated rings. The molecule has 2 aromatic rings. The second kappa shape index (κ2) is 6.52. The summed E-state index contributed by atoms with van der Waals surface area (Å²) in [6.07, 6.45) is 1.91. The third-order valence-corrected chi connectivity index (χ3v) is 3.40. The van der Waals surface area contributed by atoms with Crippen LogP contribution in [0.5, 0.6) is 17.4 Å². The van der Waals surface area contributed by atoms with Crippen LogP contribution in [0.2, 0.25) is 0 Å². The van der Waals surface area contributed by atoms with Gasteiger partial charge in [0.1, 0.15) is 5.69 Å². The van der Waals surface area contributed by atoms with Gasteiger partial charge >= 0.3 is 0 Å². The monoisotopic (exact) mass is 289 g/mol. The molecule has 2 N–H and O–H groups in total. The number of benzene rings is 1. The van der Waals surface area contributed by atoms with Crippen LogP contribution in [-0.2, 0) is 13.0 Å². The molecule has 0 saturated heterocycles. The zero-order chi connectivity index (χ0) is 15.4. The van der Waals surface area contributed by atoms with Gasteiger partial charge in [-0.25, -0.2) is 4.68 Å². The van der Waals surface area contributed by atoms with Crippen LogP contribution >= 0.6 is 0 Å². The first-order valence-corrected chi connectivity index (χ1v) is 7.28. The molecule has 0 atom stereocenters. The number of rotatable bonds is 6. The first-order valence-electron chi connectivity index (χ1n) is 7.28. The minimum atomic E-state index is 0.574. The molecule has 0 amide bonds. The van der Waals surface area contributed by atoms with Crippen LogP contribution in [0.1, 0.15) is 31.5 Å². The number of anilines is 1. The van der Waals surface area contributed by atoms with Gasteiger partial charge in [-0.05, 0) is 37.5 Å². The van der Waals surface area contributed by atoms with Crippen molar-refractivity contribution in [2.45, 2.75) is 40.2 Å². The molecule has 21 heavy (non-hydrogen) atoms. The van der Waals surface area contributed by atoms with E-state index in [9.17, 15) is 0 Å². The second-order valence-electron chi connectivity index (χ2n) is 4.97. The zero-order valence-corrected chi connectivity index (χ0v) is 13.1. The van der Waals surface area contributed by atoms with Gasteiger partial charge in [-0.2, -0.15) is 5.10 Å². The summed E-state index contributed by atoms with van der Waals surface area (Å²) in [5.74, 6) is 1.94. The van der Waals surface area contributed by atoms with E-state index in [1.165, 1.54) is 5.56 Å². The van der Waals surface area contributed by atoms with Crippen LogP contribution in [0.15, 0.2) is 18.2 Å². The van der Waals surface area contributed by atoms with Crippen LogP contribution in [-0.4, -0.2) is 16.9 Å². The Morgan fingerprint density at radius 1 is 1.24 bits per heavy atom. The molecule has 5 nitrogen and oxygen atoms in total. The summed E-state index contributed by atoms with van der Waals surface area (Å²) >= 11 is 0. The lowest BCUT2D eigenvalue weighted by Gasteiger charge is -2.13. The number of aryl methyl sites for hydroxylation is 3. The summed E-state index contributed by atoms with van der Waals surface area (Å²) in [5, 5.41) is 4.41. The molecule has 0 unspecified atom stereocenters. The van der Waals surface area contributed by atoms with Crippen molar-refractivity contribution >= 4 is 5.69 Å². The molecule has 114 valence electrons. The highest BCUT2D eigenvalue weighted by Gasteiger charge is 2.16. The zero-order valence-electron chi connectivity index (χ0n) is 13.1. The van der Waals surface area contributed by atoms with Crippen molar-refractivity contribution in [2.24, 2.45) is 0 Å². The van der Waals surface area contributed by atoms with Crippen molar-refractivity contribution in [1.29, 1.82) is 0 Å². The highest BCUT2D eigenvalue weighted by Crippen LogP contribution is 2.36. The third kappa shape index (κ3) is 3.12. The molecule has 1 heterocycles. The lowest BCUT2D eigenvalue weighted by Crippen LogP contribution is -2.03. The molecule has 0 radical (unpaired) electrons. The predicted molar refractivity (Wildman–Crippen MR) is 84.1 cm³/mol. The highest BCUT2D eigenvalue weighted by molar-refractivity contribution is 5.55. The first kappa shape index (κ1) is 15.2. The molecule has 0 aliphatic carbocycles. The van der Waals surface area contributed by atoms with E-state index in [1.54, 1.807) is 11.8 Å². The lowest BCUT2D eigenvalue weighted by molar-refractivity contribution is 0.359. The Labute approximate surface area is 125 Å². The minimum Gasteiger partial charge on any atom is -0.493 e. The van der Waals surface area contributed by atoms with Crippen LogP contribution in [0.3, 0.4) is 0 Å². The number of hydrogen-bond donors (Lipinski definition) is 1. The summed E-state index contributed by atoms with van der Waals surface area (Å²) in [4.78, 5) is 0. The van der Waals surface area contributed by atoms with Gasteiger partial charge in [0.05, 0.1) is 12.8 Å². The summed E-state index contributed by atoms with van der Waals surface area (Å²) in [7, 11) is 1.64. The number of nitrogens with zero attached hydrogens (tertiary/aromatic N) is 2. The van der Waals surface area contributed by atoms with Gasteiger partial charge in [-0.1, -0.05) is 19.9 Å². The largest absolute Gasteiger partial charge is 0.493 e. The van der Waals surface area contributed by atoms with Crippen LogP contribution in [0.4, 0.5) is 5.69 Å². The first-order chi connectivity index (χ1) is 10.1. The number of ether oxygens (including phenoxy) is 2. The molecule has 0 bridgehead atoms. The molecular weight excluding hydrogens is 266 g/mol. The van der Waals surface area contributed by atoms with Crippen molar-refractivity contribution in [3.63, 3.8) is 0 Å². The third-order valence-electron chi connectivity index (χ3n) is 3.40. The lowest BCUT2D eigenvalue weighted by atomic mass is 10.1. The Morgan fingerprint density at radius 3 is 2.62 bits per heavy atom. The minimum absolute atomic E-state index is 0.574. The maximum atomic E-state index is 6.08. The van der Waals surface area contributed by atoms with E-state index >= 15 is 0 Å². The van der Waals surface area contributed by atoms with Crippen LogP contribution in [0, 0.1) is 6.92 Å². The van der Waals surface area contributed by atoms with Gasteiger partial charge in [0, 0.05) is 6.54 Å². The second-order valence-corrected chi connectivity index (χ2v) is 4.97. The standard InChI is InChI=1S/C16H23N3O2/c1-5-9-19-16(15(17)11(3)18-19)21-13-8-7-12(6-2)10-14(13)20-4/h7-8,10H,5-6,9,17H2,1-4H3. The fourth-order valence-corrected chi connectivity index (χ4v) is 2.17. The van der Waals surface area contributed by atoms with E-state index in [2.05, 4.69) is 18.9 Å². The van der Waals surface area contributed by atoms with Crippen molar-refractivity contribution in [1.82, 2.24) is 9.78 Å². The normalized spacial score (nSPS) is 10.7. The maximum Gasteiger partial charge on any atom is 0.241 e. The summed E-state index contributed by atoms with van der Waals surface area (Å²) in [6.45, 7) is 6.84. The van der Waals surface area contributed by atoms with E-state index in [1.807, 2.05) is 25.1 Å². The van der Waals surface area contributed by atoms with Crippen LogP contribution < -0.4 is 15.2 Å². The molecule has 0 saturated carbocycles. The molecule has 1 aromatic heterocycles. The van der Waals surface area contributed by atoms with Crippen molar-refractivity contribution < 1.29 is 9.47 Å². The molecule has 0 aliphatic rings. The SMILES string of the molecule is CCCn1nc(C)c(N)c1Oc1ccc(CC)cc1OC. The number of hydrogen-bond acceptors (Lipinski definition) is 4. The van der Waals surface area contributed by atoms with Gasteiger partial charge in [0.15, 0.2) is 11.5 Å². The van der Waals surface area contributed by atoms with Crippen LogP contribution in [0.25, 0.3) is 0 Å². The Hall–Kier alpha value is -2.17. The Kier molecular flexibility index (Phi) is 4.73. The summed E-state index contributed by atoms with van der Waals surface area (Å²) in [6, 6.07) is 5.93. The average molecular weight is 289 g/mol. The highest BCUT2D eigenvalue weighted by atomic mass is 16.5. The van der Waals surface area contributed by atoms with Gasteiger partial charge < -0.3 is 15.2 Å². The number of methoxy groups -OCH3 is 1. The fraction of sp³-hybridized carbons (Fsp3) is 0.438.